The molecule has 2 atom stereocenters. The smallest absolute Gasteiger partial charge is 0.230 e. The van der Waals surface area contributed by atoms with Crippen LogP contribution in [0.1, 0.15) is 18.9 Å². The van der Waals surface area contributed by atoms with Gasteiger partial charge >= 0.3 is 0 Å². The molecule has 1 aromatic rings. The molecule has 92 valence electrons. The van der Waals surface area contributed by atoms with Crippen molar-refractivity contribution in [1.29, 1.82) is 0 Å². The zero-order valence-electron chi connectivity index (χ0n) is 10.2. The van der Waals surface area contributed by atoms with Crippen molar-refractivity contribution >= 4 is 17.3 Å². The number of carbonyl (C=O) groups excluding carboxylic acids is 1. The van der Waals surface area contributed by atoms with Gasteiger partial charge < -0.3 is 15.8 Å². The minimum atomic E-state index is -0.0578. The van der Waals surface area contributed by atoms with Crippen LogP contribution in [0.2, 0.25) is 0 Å². The second-order valence-corrected chi connectivity index (χ2v) is 4.53. The van der Waals surface area contributed by atoms with E-state index in [1.165, 1.54) is 0 Å². The van der Waals surface area contributed by atoms with Crippen molar-refractivity contribution in [3.63, 3.8) is 0 Å². The Bertz CT molecular complexity index is 431. The minimum absolute atomic E-state index is 0.00204. The molecule has 1 saturated heterocycles. The third-order valence-corrected chi connectivity index (χ3v) is 3.26. The third kappa shape index (κ3) is 2.58. The highest BCUT2D eigenvalue weighted by Crippen LogP contribution is 2.23. The maximum Gasteiger partial charge on any atom is 0.230 e. The molecule has 0 radical (unpaired) electrons. The summed E-state index contributed by atoms with van der Waals surface area (Å²) in [4.78, 5) is 12.0. The number of nitrogen functional groups attached to an aromatic ring is 1. The van der Waals surface area contributed by atoms with E-state index in [2.05, 4.69) is 5.32 Å². The molecule has 1 aromatic carbocycles. The Morgan fingerprint density at radius 2 is 2.29 bits per heavy atom. The molecule has 1 heterocycles. The highest BCUT2D eigenvalue weighted by atomic mass is 16.5. The van der Waals surface area contributed by atoms with E-state index in [0.29, 0.717) is 12.3 Å². The number of nitrogens with two attached hydrogens (primary N) is 1. The average molecular weight is 234 g/mol. The van der Waals surface area contributed by atoms with Gasteiger partial charge in [0.1, 0.15) is 0 Å². The number of anilines is 2. The van der Waals surface area contributed by atoms with Gasteiger partial charge in [0.25, 0.3) is 0 Å². The summed E-state index contributed by atoms with van der Waals surface area (Å²) in [6.45, 7) is 4.53. The first-order valence-electron chi connectivity index (χ1n) is 5.86. The second kappa shape index (κ2) is 4.75. The lowest BCUT2D eigenvalue weighted by Crippen LogP contribution is -2.27. The van der Waals surface area contributed by atoms with Crippen molar-refractivity contribution in [2.75, 3.05) is 17.7 Å². The van der Waals surface area contributed by atoms with E-state index >= 15 is 0 Å². The Hall–Kier alpha value is -1.55. The molecule has 0 aliphatic carbocycles. The number of rotatable bonds is 2. The Labute approximate surface area is 101 Å². The molecule has 1 aliphatic heterocycles. The van der Waals surface area contributed by atoms with Crippen molar-refractivity contribution in [3.8, 4) is 0 Å². The largest absolute Gasteiger partial charge is 0.398 e. The van der Waals surface area contributed by atoms with E-state index in [-0.39, 0.29) is 17.9 Å². The number of hydrogen-bond donors (Lipinski definition) is 2. The lowest BCUT2D eigenvalue weighted by molar-refractivity contribution is -0.121. The highest BCUT2D eigenvalue weighted by molar-refractivity contribution is 5.93. The van der Waals surface area contributed by atoms with Gasteiger partial charge in [0.05, 0.1) is 12.0 Å². The van der Waals surface area contributed by atoms with Gasteiger partial charge in [-0.05, 0) is 38.0 Å². The first-order chi connectivity index (χ1) is 8.08. The molecule has 4 nitrogen and oxygen atoms in total. The number of nitrogens with one attached hydrogen (secondary N) is 1. The van der Waals surface area contributed by atoms with Crippen LogP contribution in [0.3, 0.4) is 0 Å². The predicted molar refractivity (Wildman–Crippen MR) is 67.7 cm³/mol. The molecule has 3 N–H and O–H groups in total. The van der Waals surface area contributed by atoms with E-state index in [1.54, 1.807) is 6.07 Å². The van der Waals surface area contributed by atoms with Crippen LogP contribution >= 0.6 is 0 Å². The van der Waals surface area contributed by atoms with Crippen molar-refractivity contribution in [2.45, 2.75) is 26.4 Å². The van der Waals surface area contributed by atoms with E-state index in [9.17, 15) is 4.79 Å². The van der Waals surface area contributed by atoms with Crippen LogP contribution in [0.5, 0.6) is 0 Å². The first kappa shape index (κ1) is 11.9. The summed E-state index contributed by atoms with van der Waals surface area (Å²) in [6, 6.07) is 5.55. The zero-order valence-corrected chi connectivity index (χ0v) is 10.2. The van der Waals surface area contributed by atoms with Gasteiger partial charge in [-0.25, -0.2) is 0 Å². The quantitative estimate of drug-likeness (QED) is 0.769. The van der Waals surface area contributed by atoms with Crippen molar-refractivity contribution in [2.24, 2.45) is 5.92 Å². The Balaban J connectivity index is 2.05. The van der Waals surface area contributed by atoms with Gasteiger partial charge in [-0.3, -0.25) is 4.79 Å². The van der Waals surface area contributed by atoms with Crippen LogP contribution in [-0.2, 0) is 9.53 Å². The van der Waals surface area contributed by atoms with Gasteiger partial charge in [-0.15, -0.1) is 0 Å². The molecule has 1 amide bonds. The number of ether oxygens (including phenoxy) is 1. The maximum atomic E-state index is 12.0. The van der Waals surface area contributed by atoms with Gasteiger partial charge in [0.15, 0.2) is 0 Å². The summed E-state index contributed by atoms with van der Waals surface area (Å²) < 4.78 is 5.38. The molecule has 0 aromatic heterocycles. The van der Waals surface area contributed by atoms with Gasteiger partial charge in [0, 0.05) is 18.0 Å². The van der Waals surface area contributed by atoms with Crippen molar-refractivity contribution in [1.82, 2.24) is 0 Å². The first-order valence-corrected chi connectivity index (χ1v) is 5.86. The molecule has 2 rings (SSSR count). The number of amides is 1. The summed E-state index contributed by atoms with van der Waals surface area (Å²) in [5.41, 5.74) is 8.26. The van der Waals surface area contributed by atoms with E-state index in [4.69, 9.17) is 10.5 Å². The molecule has 2 unspecified atom stereocenters. The van der Waals surface area contributed by atoms with E-state index < -0.39 is 0 Å². The summed E-state index contributed by atoms with van der Waals surface area (Å²) in [5, 5.41) is 2.88. The maximum absolute atomic E-state index is 12.0. The molecule has 17 heavy (non-hydrogen) atoms. The van der Waals surface area contributed by atoms with Crippen LogP contribution < -0.4 is 11.1 Å². The van der Waals surface area contributed by atoms with Gasteiger partial charge in [-0.1, -0.05) is 6.07 Å². The number of hydrogen-bond acceptors (Lipinski definition) is 3. The molecule has 0 spiro atoms. The lowest BCUT2D eigenvalue weighted by Gasteiger charge is -2.14. The van der Waals surface area contributed by atoms with E-state index in [0.717, 1.165) is 17.7 Å². The summed E-state index contributed by atoms with van der Waals surface area (Å²) >= 11 is 0. The standard InChI is InChI=1S/C13H18N2O2/c1-8-3-4-10(7-12(8)14)15-13(16)11-5-6-17-9(11)2/h3-4,7,9,11H,5-6,14H2,1-2H3,(H,15,16). The molecule has 0 bridgehead atoms. The van der Waals surface area contributed by atoms with Crippen LogP contribution in [0.4, 0.5) is 11.4 Å². The van der Waals surface area contributed by atoms with Gasteiger partial charge in [-0.2, -0.15) is 0 Å². The number of carbonyl (C=O) groups is 1. The average Bonchev–Trinajstić information content (AvgIpc) is 2.70. The van der Waals surface area contributed by atoms with Crippen LogP contribution in [0.25, 0.3) is 0 Å². The highest BCUT2D eigenvalue weighted by Gasteiger charge is 2.30. The number of benzene rings is 1. The van der Waals surface area contributed by atoms with Crippen LogP contribution in [-0.4, -0.2) is 18.6 Å². The van der Waals surface area contributed by atoms with Crippen molar-refractivity contribution in [3.05, 3.63) is 23.8 Å². The third-order valence-electron chi connectivity index (χ3n) is 3.26. The fourth-order valence-corrected chi connectivity index (χ4v) is 2.03. The molecule has 0 saturated carbocycles. The summed E-state index contributed by atoms with van der Waals surface area (Å²) in [6.07, 6.45) is 0.784. The predicted octanol–water partition coefficient (Wildman–Crippen LogP) is 1.94. The van der Waals surface area contributed by atoms with Crippen molar-refractivity contribution < 1.29 is 9.53 Å². The Kier molecular flexibility index (Phi) is 3.33. The SMILES string of the molecule is Cc1ccc(NC(=O)C2CCOC2C)cc1N. The molecule has 4 heteroatoms. The van der Waals surface area contributed by atoms with E-state index in [1.807, 2.05) is 26.0 Å². The monoisotopic (exact) mass is 234 g/mol. The Morgan fingerprint density at radius 1 is 1.53 bits per heavy atom. The van der Waals surface area contributed by atoms with Gasteiger partial charge in [0.2, 0.25) is 5.91 Å². The molecular formula is C13H18N2O2. The van der Waals surface area contributed by atoms with Crippen LogP contribution in [0, 0.1) is 12.8 Å². The summed E-state index contributed by atoms with van der Waals surface area (Å²) in [7, 11) is 0. The Morgan fingerprint density at radius 3 is 2.88 bits per heavy atom. The number of aryl methyl sites for hydroxylation is 1. The summed E-state index contributed by atoms with van der Waals surface area (Å²) in [5.74, 6) is -0.0456. The lowest BCUT2D eigenvalue weighted by atomic mass is 10.0. The topological polar surface area (TPSA) is 64.3 Å². The molecular weight excluding hydrogens is 216 g/mol. The fraction of sp³-hybridized carbons (Fsp3) is 0.462. The zero-order chi connectivity index (χ0) is 12.4. The molecule has 1 fully saturated rings. The minimum Gasteiger partial charge on any atom is -0.398 e. The normalized spacial score (nSPS) is 23.6. The fourth-order valence-electron chi connectivity index (χ4n) is 2.03. The van der Waals surface area contributed by atoms with Crippen LogP contribution in [0.15, 0.2) is 18.2 Å². The molecule has 1 aliphatic rings. The second-order valence-electron chi connectivity index (χ2n) is 4.53.